The van der Waals surface area contributed by atoms with Crippen molar-refractivity contribution in [1.29, 1.82) is 0 Å². The molecule has 6 heteroatoms. The van der Waals surface area contributed by atoms with Gasteiger partial charge < -0.3 is 15.5 Å². The minimum absolute atomic E-state index is 0.00304. The van der Waals surface area contributed by atoms with Gasteiger partial charge in [-0.15, -0.1) is 0 Å². The van der Waals surface area contributed by atoms with Gasteiger partial charge in [-0.2, -0.15) is 0 Å². The van der Waals surface area contributed by atoms with Gasteiger partial charge in [0.15, 0.2) is 0 Å². The Labute approximate surface area is 129 Å². The number of hydrogen-bond acceptors (Lipinski definition) is 5. The molecule has 2 N–H and O–H groups in total. The summed E-state index contributed by atoms with van der Waals surface area (Å²) in [4.78, 5) is 24.7. The molecule has 0 spiro atoms. The number of carbonyl (C=O) groups excluding carboxylic acids is 1. The smallest absolute Gasteiger partial charge is 0.253 e. The van der Waals surface area contributed by atoms with E-state index in [1.807, 2.05) is 13.1 Å². The summed E-state index contributed by atoms with van der Waals surface area (Å²) in [5.74, 6) is 0.437. The van der Waals surface area contributed by atoms with Gasteiger partial charge in [-0.1, -0.05) is 0 Å². The van der Waals surface area contributed by atoms with E-state index in [2.05, 4.69) is 21.9 Å². The molecule has 1 aromatic heterocycles. The summed E-state index contributed by atoms with van der Waals surface area (Å²) in [7, 11) is 3.95. The molecule has 0 unspecified atom stereocenters. The molecule has 0 saturated heterocycles. The van der Waals surface area contributed by atoms with Crippen LogP contribution < -0.4 is 5.73 Å². The molecule has 0 atom stereocenters. The van der Waals surface area contributed by atoms with Gasteiger partial charge in [0.25, 0.3) is 5.91 Å². The van der Waals surface area contributed by atoms with Crippen molar-refractivity contribution in [3.63, 3.8) is 0 Å². The van der Waals surface area contributed by atoms with Crippen molar-refractivity contribution in [3.8, 4) is 0 Å². The first-order valence-corrected chi connectivity index (χ1v) is 7.52. The van der Waals surface area contributed by atoms with Crippen molar-refractivity contribution < 1.29 is 4.79 Å². The van der Waals surface area contributed by atoms with E-state index < -0.39 is 0 Å². The molecule has 6 nitrogen and oxygen atoms in total. The highest BCUT2D eigenvalue weighted by Crippen LogP contribution is 2.25. The number of benzene rings is 1. The van der Waals surface area contributed by atoms with E-state index in [4.69, 9.17) is 5.73 Å². The monoisotopic (exact) mass is 299 g/mol. The van der Waals surface area contributed by atoms with E-state index in [1.165, 1.54) is 19.2 Å². The van der Waals surface area contributed by atoms with Crippen LogP contribution in [0.4, 0.5) is 5.82 Å². The Balaban J connectivity index is 1.70. The zero-order chi connectivity index (χ0) is 15.7. The van der Waals surface area contributed by atoms with E-state index in [0.717, 1.165) is 18.5 Å². The quantitative estimate of drug-likeness (QED) is 0.902. The summed E-state index contributed by atoms with van der Waals surface area (Å²) in [6.07, 6.45) is 3.97. The molecule has 1 aliphatic carbocycles. The molecule has 0 aliphatic heterocycles. The Morgan fingerprint density at radius 2 is 2.05 bits per heavy atom. The van der Waals surface area contributed by atoms with Crippen LogP contribution in [0, 0.1) is 0 Å². The second kappa shape index (κ2) is 5.88. The van der Waals surface area contributed by atoms with Crippen molar-refractivity contribution >= 4 is 22.6 Å². The van der Waals surface area contributed by atoms with Crippen molar-refractivity contribution in [2.45, 2.75) is 18.9 Å². The van der Waals surface area contributed by atoms with Gasteiger partial charge in [-0.25, -0.2) is 9.97 Å². The highest BCUT2D eigenvalue weighted by atomic mass is 16.2. The van der Waals surface area contributed by atoms with Crippen molar-refractivity contribution in [2.24, 2.45) is 0 Å². The number of aromatic nitrogens is 2. The molecule has 1 aromatic carbocycles. The zero-order valence-electron chi connectivity index (χ0n) is 13.0. The lowest BCUT2D eigenvalue weighted by atomic mass is 10.1. The summed E-state index contributed by atoms with van der Waals surface area (Å²) in [5.41, 5.74) is 7.13. The van der Waals surface area contributed by atoms with Crippen LogP contribution in [0.2, 0.25) is 0 Å². The predicted octanol–water partition coefficient (Wildman–Crippen LogP) is 1.38. The molecule has 2 aromatic rings. The fourth-order valence-electron chi connectivity index (χ4n) is 2.54. The predicted molar refractivity (Wildman–Crippen MR) is 86.6 cm³/mol. The highest BCUT2D eigenvalue weighted by Gasteiger charge is 2.26. The number of nitrogens with zero attached hydrogens (tertiary/aromatic N) is 4. The Morgan fingerprint density at radius 3 is 2.77 bits per heavy atom. The van der Waals surface area contributed by atoms with Gasteiger partial charge in [-0.05, 0) is 38.1 Å². The van der Waals surface area contributed by atoms with Crippen LogP contribution in [0.25, 0.3) is 10.9 Å². The Hall–Kier alpha value is -2.21. The lowest BCUT2D eigenvalue weighted by molar-refractivity contribution is 0.0781. The van der Waals surface area contributed by atoms with Crippen LogP contribution in [0.5, 0.6) is 0 Å². The molecule has 3 rings (SSSR count). The third-order valence-electron chi connectivity index (χ3n) is 4.22. The van der Waals surface area contributed by atoms with Gasteiger partial charge in [0, 0.05) is 37.1 Å². The maximum Gasteiger partial charge on any atom is 0.253 e. The topological polar surface area (TPSA) is 75.3 Å². The van der Waals surface area contributed by atoms with E-state index in [0.29, 0.717) is 22.9 Å². The summed E-state index contributed by atoms with van der Waals surface area (Å²) in [5, 5.41) is 0.773. The molecule has 0 bridgehead atoms. The molecule has 116 valence electrons. The Bertz CT molecular complexity index is 698. The molecule has 22 heavy (non-hydrogen) atoms. The summed E-state index contributed by atoms with van der Waals surface area (Å²) >= 11 is 0. The second-order valence-electron chi connectivity index (χ2n) is 5.93. The molecule has 1 heterocycles. The first kappa shape index (κ1) is 14.7. The van der Waals surface area contributed by atoms with Crippen molar-refractivity contribution in [3.05, 3.63) is 30.1 Å². The number of amides is 1. The summed E-state index contributed by atoms with van der Waals surface area (Å²) < 4.78 is 0. The number of fused-ring (bicyclic) bond motifs is 1. The number of carbonyl (C=O) groups is 1. The summed E-state index contributed by atoms with van der Waals surface area (Å²) in [6.45, 7) is 1.62. The Kier molecular flexibility index (Phi) is 3.94. The summed E-state index contributed by atoms with van der Waals surface area (Å²) in [6, 6.07) is 6.08. The fourth-order valence-corrected chi connectivity index (χ4v) is 2.54. The van der Waals surface area contributed by atoms with Crippen LogP contribution in [-0.2, 0) is 0 Å². The molecule has 1 fully saturated rings. The largest absolute Gasteiger partial charge is 0.383 e. The zero-order valence-corrected chi connectivity index (χ0v) is 13.0. The lowest BCUT2D eigenvalue weighted by Crippen LogP contribution is -2.35. The number of rotatable bonds is 5. The first-order valence-electron chi connectivity index (χ1n) is 7.52. The standard InChI is InChI=1S/C16H21N5O/c1-20(12-4-5-12)7-8-21(2)16(22)11-3-6-13-14(9-11)18-10-19-15(13)17/h3,6,9-10,12H,4-5,7-8H2,1-2H3,(H2,17,18,19). The van der Waals surface area contributed by atoms with Crippen LogP contribution in [0.15, 0.2) is 24.5 Å². The van der Waals surface area contributed by atoms with Crippen LogP contribution in [-0.4, -0.2) is 58.9 Å². The molecule has 1 aliphatic rings. The van der Waals surface area contributed by atoms with Gasteiger partial charge in [0.1, 0.15) is 12.1 Å². The molecule has 1 amide bonds. The number of nitrogen functional groups attached to an aromatic ring is 1. The number of hydrogen-bond donors (Lipinski definition) is 1. The molecular formula is C16H21N5O. The third kappa shape index (κ3) is 3.01. The Morgan fingerprint density at radius 1 is 1.27 bits per heavy atom. The second-order valence-corrected chi connectivity index (χ2v) is 5.93. The van der Waals surface area contributed by atoms with Gasteiger partial charge in [-0.3, -0.25) is 4.79 Å². The lowest BCUT2D eigenvalue weighted by Gasteiger charge is -2.22. The average molecular weight is 299 g/mol. The van der Waals surface area contributed by atoms with E-state index >= 15 is 0 Å². The average Bonchev–Trinajstić information content (AvgIpc) is 3.36. The molecule has 0 radical (unpaired) electrons. The SMILES string of the molecule is CN(CCN(C)C1CC1)C(=O)c1ccc2c(N)ncnc2c1. The highest BCUT2D eigenvalue weighted by molar-refractivity contribution is 5.99. The molecular weight excluding hydrogens is 278 g/mol. The maximum atomic E-state index is 12.5. The minimum atomic E-state index is 0.00304. The number of likely N-dealkylation sites (N-methyl/N-ethyl adjacent to an activating group) is 2. The van der Waals surface area contributed by atoms with Crippen molar-refractivity contribution in [1.82, 2.24) is 19.8 Å². The van der Waals surface area contributed by atoms with Crippen LogP contribution in [0.1, 0.15) is 23.2 Å². The molecule has 1 saturated carbocycles. The van der Waals surface area contributed by atoms with Gasteiger partial charge in [0.2, 0.25) is 0 Å². The van der Waals surface area contributed by atoms with E-state index in [-0.39, 0.29) is 5.91 Å². The van der Waals surface area contributed by atoms with E-state index in [9.17, 15) is 4.79 Å². The van der Waals surface area contributed by atoms with Crippen molar-refractivity contribution in [2.75, 3.05) is 32.9 Å². The minimum Gasteiger partial charge on any atom is -0.383 e. The van der Waals surface area contributed by atoms with Crippen LogP contribution >= 0.6 is 0 Å². The van der Waals surface area contributed by atoms with E-state index in [1.54, 1.807) is 17.0 Å². The number of nitrogens with two attached hydrogens (primary N) is 1. The number of anilines is 1. The van der Waals surface area contributed by atoms with Gasteiger partial charge in [0.05, 0.1) is 5.52 Å². The van der Waals surface area contributed by atoms with Gasteiger partial charge >= 0.3 is 0 Å². The normalized spacial score (nSPS) is 14.5. The van der Waals surface area contributed by atoms with Crippen LogP contribution in [0.3, 0.4) is 0 Å². The maximum absolute atomic E-state index is 12.5. The third-order valence-corrected chi connectivity index (χ3v) is 4.22. The fraction of sp³-hybridized carbons (Fsp3) is 0.438. The first-order chi connectivity index (χ1) is 10.6.